The fraction of sp³-hybridized carbons (Fsp3) is 0.933. The minimum atomic E-state index is 0. The van der Waals surface area contributed by atoms with E-state index in [1.807, 2.05) is 0 Å². The van der Waals surface area contributed by atoms with Gasteiger partial charge in [0, 0.05) is 48.7 Å². The molecule has 0 N–H and O–H groups in total. The minimum Gasteiger partial charge on any atom is -0.383 e. The zero-order valence-electron chi connectivity index (χ0n) is 12.9. The van der Waals surface area contributed by atoms with Crippen molar-refractivity contribution in [3.05, 3.63) is 6.92 Å². The molecule has 0 fully saturated rings. The molecule has 0 atom stereocenters. The standard InChI is InChI=1S/C15H31O.2W/c1-7-14(6,8-2)12-16-13-15(9-3,10-4)11-5;;/h6-13H2,1-5H3;;/q-1;;. The average molecular weight is 595 g/mol. The first-order valence-electron chi connectivity index (χ1n) is 6.94. The van der Waals surface area contributed by atoms with Crippen LogP contribution in [0, 0.1) is 17.8 Å². The van der Waals surface area contributed by atoms with Gasteiger partial charge in [0.1, 0.15) is 0 Å². The monoisotopic (exact) mass is 595 g/mol. The molecule has 0 aromatic carbocycles. The van der Waals surface area contributed by atoms with Crippen molar-refractivity contribution in [1.29, 1.82) is 0 Å². The Morgan fingerprint density at radius 3 is 1.39 bits per heavy atom. The van der Waals surface area contributed by atoms with E-state index in [4.69, 9.17) is 4.74 Å². The Hall–Kier alpha value is 1.34. The molecule has 0 amide bonds. The summed E-state index contributed by atoms with van der Waals surface area (Å²) in [5, 5.41) is 0. The van der Waals surface area contributed by atoms with Crippen molar-refractivity contribution >= 4 is 0 Å². The van der Waals surface area contributed by atoms with Crippen LogP contribution in [0.2, 0.25) is 0 Å². The van der Waals surface area contributed by atoms with Gasteiger partial charge >= 0.3 is 0 Å². The van der Waals surface area contributed by atoms with Crippen molar-refractivity contribution in [3.8, 4) is 0 Å². The van der Waals surface area contributed by atoms with Gasteiger partial charge in [-0.15, -0.1) is 5.41 Å². The second-order valence-electron chi connectivity index (χ2n) is 5.26. The maximum absolute atomic E-state index is 5.96. The Bertz CT molecular complexity index is 167. The van der Waals surface area contributed by atoms with Crippen LogP contribution in [0.25, 0.3) is 0 Å². The van der Waals surface area contributed by atoms with E-state index in [0.29, 0.717) is 5.41 Å². The molecular formula is C15H31OW2-. The second-order valence-corrected chi connectivity index (χ2v) is 5.26. The number of rotatable bonds is 9. The molecule has 110 valence electrons. The molecule has 0 saturated heterocycles. The van der Waals surface area contributed by atoms with E-state index in [9.17, 15) is 0 Å². The van der Waals surface area contributed by atoms with Gasteiger partial charge < -0.3 is 11.7 Å². The van der Waals surface area contributed by atoms with Crippen molar-refractivity contribution in [1.82, 2.24) is 0 Å². The molecule has 0 aromatic heterocycles. The zero-order chi connectivity index (χ0) is 12.7. The Morgan fingerprint density at radius 2 is 1.11 bits per heavy atom. The van der Waals surface area contributed by atoms with Crippen LogP contribution in [0.3, 0.4) is 0 Å². The molecule has 0 aliphatic heterocycles. The van der Waals surface area contributed by atoms with E-state index in [1.54, 1.807) is 0 Å². The molecule has 1 nitrogen and oxygen atoms in total. The molecule has 0 saturated carbocycles. The molecule has 18 heavy (non-hydrogen) atoms. The zero-order valence-corrected chi connectivity index (χ0v) is 18.7. The van der Waals surface area contributed by atoms with Crippen LogP contribution in [0.1, 0.15) is 66.7 Å². The van der Waals surface area contributed by atoms with Crippen LogP contribution in [-0.2, 0) is 46.9 Å². The van der Waals surface area contributed by atoms with Crippen LogP contribution < -0.4 is 0 Å². The molecule has 0 spiro atoms. The number of ether oxygens (including phenoxy) is 1. The van der Waals surface area contributed by atoms with Crippen molar-refractivity contribution < 1.29 is 46.9 Å². The maximum Gasteiger partial charge on any atom is 0.0521 e. The molecule has 3 heteroatoms. The van der Waals surface area contributed by atoms with Gasteiger partial charge in [0.05, 0.1) is 6.61 Å². The predicted octanol–water partition coefficient (Wildman–Crippen LogP) is 4.85. The molecule has 0 rings (SSSR count). The largest absolute Gasteiger partial charge is 0.383 e. The molecule has 0 unspecified atom stereocenters. The summed E-state index contributed by atoms with van der Waals surface area (Å²) in [6.07, 6.45) is 5.83. The molecule has 0 bridgehead atoms. The molecular weight excluding hydrogens is 564 g/mol. The van der Waals surface area contributed by atoms with Gasteiger partial charge in [0.25, 0.3) is 0 Å². The Balaban J connectivity index is -0.00000112. The normalized spacial score (nSPS) is 11.7. The second kappa shape index (κ2) is 12.1. The quantitative estimate of drug-likeness (QED) is 0.347. The summed E-state index contributed by atoms with van der Waals surface area (Å²) in [6.45, 7) is 17.2. The van der Waals surface area contributed by atoms with E-state index in [2.05, 4.69) is 41.5 Å². The van der Waals surface area contributed by atoms with E-state index < -0.39 is 0 Å². The maximum atomic E-state index is 5.96. The topological polar surface area (TPSA) is 9.23 Å². The van der Waals surface area contributed by atoms with Crippen molar-refractivity contribution in [2.24, 2.45) is 10.8 Å². The Labute approximate surface area is 144 Å². The Morgan fingerprint density at radius 1 is 0.722 bits per heavy atom. The molecule has 0 aliphatic carbocycles. The summed E-state index contributed by atoms with van der Waals surface area (Å²) in [6, 6.07) is 0. The first kappa shape index (κ1) is 24.4. The van der Waals surface area contributed by atoms with Gasteiger partial charge in [0.2, 0.25) is 0 Å². The third kappa shape index (κ3) is 7.81. The fourth-order valence-corrected chi connectivity index (χ4v) is 1.99. The van der Waals surface area contributed by atoms with Gasteiger partial charge in [-0.1, -0.05) is 47.5 Å². The summed E-state index contributed by atoms with van der Waals surface area (Å²) in [5.41, 5.74) is 0.517. The van der Waals surface area contributed by atoms with Crippen LogP contribution in [0.5, 0.6) is 0 Å². The van der Waals surface area contributed by atoms with Crippen molar-refractivity contribution in [2.75, 3.05) is 13.2 Å². The van der Waals surface area contributed by atoms with Crippen LogP contribution in [0.4, 0.5) is 0 Å². The summed E-state index contributed by atoms with van der Waals surface area (Å²) >= 11 is 0. The molecule has 0 aliphatic rings. The summed E-state index contributed by atoms with van der Waals surface area (Å²) in [5.74, 6) is 0. The first-order chi connectivity index (χ1) is 7.51. The van der Waals surface area contributed by atoms with Gasteiger partial charge in [0.15, 0.2) is 0 Å². The van der Waals surface area contributed by atoms with E-state index in [-0.39, 0.29) is 47.5 Å². The summed E-state index contributed by atoms with van der Waals surface area (Å²) in [7, 11) is 0. The molecule has 0 radical (unpaired) electrons. The van der Waals surface area contributed by atoms with E-state index >= 15 is 0 Å². The first-order valence-corrected chi connectivity index (χ1v) is 6.94. The van der Waals surface area contributed by atoms with Gasteiger partial charge in [-0.05, 0) is 24.7 Å². The van der Waals surface area contributed by atoms with Crippen LogP contribution in [-0.4, -0.2) is 13.2 Å². The van der Waals surface area contributed by atoms with Crippen LogP contribution >= 0.6 is 0 Å². The third-order valence-corrected chi connectivity index (χ3v) is 4.57. The average Bonchev–Trinajstić information content (AvgIpc) is 2.35. The predicted molar refractivity (Wildman–Crippen MR) is 72.5 cm³/mol. The number of hydrogen-bond donors (Lipinski definition) is 0. The van der Waals surface area contributed by atoms with Crippen molar-refractivity contribution in [2.45, 2.75) is 66.7 Å². The molecule has 0 heterocycles. The minimum absolute atomic E-state index is 0. The van der Waals surface area contributed by atoms with Gasteiger partial charge in [-0.2, -0.15) is 0 Å². The fourth-order valence-electron chi connectivity index (χ4n) is 1.99. The SMILES string of the molecule is [CH2-]C(CC)(CC)COCC(CC)(CC)CC.[W].[W]. The third-order valence-electron chi connectivity index (χ3n) is 4.57. The Kier molecular flexibility index (Phi) is 16.4. The smallest absolute Gasteiger partial charge is 0.0521 e. The van der Waals surface area contributed by atoms with Gasteiger partial charge in [-0.25, -0.2) is 0 Å². The van der Waals surface area contributed by atoms with E-state index in [0.717, 1.165) is 26.1 Å². The van der Waals surface area contributed by atoms with E-state index in [1.165, 1.54) is 19.3 Å². The van der Waals surface area contributed by atoms with Crippen molar-refractivity contribution in [3.63, 3.8) is 0 Å². The van der Waals surface area contributed by atoms with Crippen LogP contribution in [0.15, 0.2) is 0 Å². The number of hydrogen-bond acceptors (Lipinski definition) is 1. The molecule has 0 aromatic rings. The summed E-state index contributed by atoms with van der Waals surface area (Å²) in [4.78, 5) is 0. The summed E-state index contributed by atoms with van der Waals surface area (Å²) < 4.78 is 5.96. The van der Waals surface area contributed by atoms with Gasteiger partial charge in [-0.3, -0.25) is 0 Å².